The minimum absolute atomic E-state index is 0.106. The second kappa shape index (κ2) is 4.51. The van der Waals surface area contributed by atoms with Crippen molar-refractivity contribution in [2.24, 2.45) is 0 Å². The van der Waals surface area contributed by atoms with Crippen LogP contribution in [0.5, 0.6) is 0 Å². The first-order chi connectivity index (χ1) is 9.16. The van der Waals surface area contributed by atoms with Crippen molar-refractivity contribution in [2.45, 2.75) is 6.92 Å². The first-order valence-electron chi connectivity index (χ1n) is 5.84. The van der Waals surface area contributed by atoms with Crippen molar-refractivity contribution in [1.82, 2.24) is 4.98 Å². The van der Waals surface area contributed by atoms with E-state index in [9.17, 15) is 4.79 Å². The third kappa shape index (κ3) is 2.02. The van der Waals surface area contributed by atoms with Crippen LogP contribution in [0.3, 0.4) is 0 Å². The first kappa shape index (κ1) is 11.9. The summed E-state index contributed by atoms with van der Waals surface area (Å²) in [5.41, 5.74) is 1.48. The van der Waals surface area contributed by atoms with E-state index in [4.69, 9.17) is 4.42 Å². The van der Waals surface area contributed by atoms with E-state index >= 15 is 0 Å². The Morgan fingerprint density at radius 1 is 1.32 bits per heavy atom. The molecule has 19 heavy (non-hydrogen) atoms. The molecule has 5 heteroatoms. The Bertz CT molecular complexity index is 712. The summed E-state index contributed by atoms with van der Waals surface area (Å²) in [6.45, 7) is 1.78. The first-order valence-corrected chi connectivity index (χ1v) is 6.66. The number of carbonyl (C=O) groups excluding carboxylic acids is 1. The van der Waals surface area contributed by atoms with Gasteiger partial charge in [0.25, 0.3) is 5.91 Å². The Kier molecular flexibility index (Phi) is 2.83. The monoisotopic (exact) mass is 272 g/mol. The van der Waals surface area contributed by atoms with E-state index in [1.54, 1.807) is 24.9 Å². The number of thiazole rings is 1. The minimum Gasteiger partial charge on any atom is -0.469 e. The van der Waals surface area contributed by atoms with Crippen molar-refractivity contribution in [3.8, 4) is 0 Å². The maximum Gasteiger partial charge on any atom is 0.263 e. The summed E-state index contributed by atoms with van der Waals surface area (Å²) < 4.78 is 6.24. The molecule has 96 valence electrons. The molecule has 2 aromatic heterocycles. The highest BCUT2D eigenvalue weighted by molar-refractivity contribution is 7.22. The van der Waals surface area contributed by atoms with E-state index in [0.717, 1.165) is 10.2 Å². The number of fused-ring (bicyclic) bond motifs is 1. The molecule has 1 aromatic carbocycles. The van der Waals surface area contributed by atoms with Crippen LogP contribution in [0, 0.1) is 6.92 Å². The molecule has 2 heterocycles. The van der Waals surface area contributed by atoms with Crippen LogP contribution in [0.15, 0.2) is 41.0 Å². The minimum atomic E-state index is -0.106. The van der Waals surface area contributed by atoms with Gasteiger partial charge in [-0.25, -0.2) is 4.98 Å². The second-order valence-electron chi connectivity index (χ2n) is 4.22. The molecule has 1 amide bonds. The summed E-state index contributed by atoms with van der Waals surface area (Å²) in [7, 11) is 1.73. The van der Waals surface area contributed by atoms with Gasteiger partial charge in [0.05, 0.1) is 22.0 Å². The Labute approximate surface area is 114 Å². The molecule has 0 spiro atoms. The third-order valence-corrected chi connectivity index (χ3v) is 4.08. The zero-order valence-electron chi connectivity index (χ0n) is 10.6. The summed E-state index contributed by atoms with van der Waals surface area (Å²) in [6, 6.07) is 9.52. The van der Waals surface area contributed by atoms with Crippen LogP contribution >= 0.6 is 11.3 Å². The molecule has 0 fully saturated rings. The molecule has 3 aromatic rings. The fraction of sp³-hybridized carbons (Fsp3) is 0.143. The molecule has 0 aliphatic rings. The van der Waals surface area contributed by atoms with Crippen LogP contribution in [0.2, 0.25) is 0 Å². The average molecular weight is 272 g/mol. The largest absolute Gasteiger partial charge is 0.469 e. The zero-order valence-corrected chi connectivity index (χ0v) is 11.4. The number of amides is 1. The molecule has 0 bridgehead atoms. The van der Waals surface area contributed by atoms with Crippen LogP contribution < -0.4 is 4.90 Å². The highest BCUT2D eigenvalue weighted by Gasteiger charge is 2.20. The fourth-order valence-corrected chi connectivity index (χ4v) is 2.80. The Morgan fingerprint density at radius 2 is 2.11 bits per heavy atom. The molecular formula is C14H12N2O2S. The number of aromatic nitrogens is 1. The molecule has 0 aliphatic carbocycles. The fourth-order valence-electron chi connectivity index (χ4n) is 1.88. The molecule has 0 radical (unpaired) electrons. The van der Waals surface area contributed by atoms with Gasteiger partial charge in [0.1, 0.15) is 5.76 Å². The third-order valence-electron chi connectivity index (χ3n) is 2.96. The van der Waals surface area contributed by atoms with Crippen LogP contribution in [0.1, 0.15) is 16.1 Å². The van der Waals surface area contributed by atoms with Crippen molar-refractivity contribution >= 4 is 32.6 Å². The van der Waals surface area contributed by atoms with E-state index in [1.807, 2.05) is 24.3 Å². The number of para-hydroxylation sites is 1. The van der Waals surface area contributed by atoms with Gasteiger partial charge in [0.15, 0.2) is 5.13 Å². The Morgan fingerprint density at radius 3 is 2.79 bits per heavy atom. The quantitative estimate of drug-likeness (QED) is 0.717. The van der Waals surface area contributed by atoms with E-state index in [1.165, 1.54) is 17.6 Å². The van der Waals surface area contributed by atoms with Crippen LogP contribution in [0.4, 0.5) is 5.13 Å². The molecule has 0 saturated heterocycles. The predicted octanol–water partition coefficient (Wildman–Crippen LogP) is 3.47. The Balaban J connectivity index is 1.97. The molecule has 0 aliphatic heterocycles. The zero-order chi connectivity index (χ0) is 13.4. The molecular weight excluding hydrogens is 260 g/mol. The standard InChI is InChI=1S/C14H12N2O2S/c1-9-10(7-8-18-9)13(17)16(2)14-15-11-5-3-4-6-12(11)19-14/h3-8H,1-2H3. The predicted molar refractivity (Wildman–Crippen MR) is 75.8 cm³/mol. The van der Waals surface area contributed by atoms with Crippen LogP contribution in [0.25, 0.3) is 10.2 Å². The van der Waals surface area contributed by atoms with Gasteiger partial charge in [0, 0.05) is 7.05 Å². The topological polar surface area (TPSA) is 46.3 Å². The SMILES string of the molecule is Cc1occc1C(=O)N(C)c1nc2ccccc2s1. The number of carbonyl (C=O) groups is 1. The van der Waals surface area contributed by atoms with Gasteiger partial charge in [-0.3, -0.25) is 9.69 Å². The van der Waals surface area contributed by atoms with E-state index in [0.29, 0.717) is 16.5 Å². The number of nitrogens with zero attached hydrogens (tertiary/aromatic N) is 2. The van der Waals surface area contributed by atoms with Crippen molar-refractivity contribution in [2.75, 3.05) is 11.9 Å². The van der Waals surface area contributed by atoms with Gasteiger partial charge in [-0.05, 0) is 25.1 Å². The van der Waals surface area contributed by atoms with E-state index in [2.05, 4.69) is 4.98 Å². The Hall–Kier alpha value is -2.14. The van der Waals surface area contributed by atoms with E-state index in [-0.39, 0.29) is 5.91 Å². The summed E-state index contributed by atoms with van der Waals surface area (Å²) >= 11 is 1.50. The van der Waals surface area contributed by atoms with Crippen molar-refractivity contribution in [3.05, 3.63) is 47.9 Å². The van der Waals surface area contributed by atoms with Gasteiger partial charge in [-0.2, -0.15) is 0 Å². The smallest absolute Gasteiger partial charge is 0.263 e. The van der Waals surface area contributed by atoms with Gasteiger partial charge in [0.2, 0.25) is 0 Å². The van der Waals surface area contributed by atoms with Gasteiger partial charge < -0.3 is 4.42 Å². The lowest BCUT2D eigenvalue weighted by Gasteiger charge is -2.12. The molecule has 0 saturated carbocycles. The van der Waals surface area contributed by atoms with Gasteiger partial charge >= 0.3 is 0 Å². The molecule has 4 nitrogen and oxygen atoms in total. The van der Waals surface area contributed by atoms with Gasteiger partial charge in [-0.1, -0.05) is 23.5 Å². The molecule has 0 N–H and O–H groups in total. The number of hydrogen-bond acceptors (Lipinski definition) is 4. The highest BCUT2D eigenvalue weighted by atomic mass is 32.1. The van der Waals surface area contributed by atoms with E-state index < -0.39 is 0 Å². The summed E-state index contributed by atoms with van der Waals surface area (Å²) in [5.74, 6) is 0.517. The number of aryl methyl sites for hydroxylation is 1. The number of anilines is 1. The molecule has 0 unspecified atom stereocenters. The normalized spacial score (nSPS) is 10.8. The van der Waals surface area contributed by atoms with Gasteiger partial charge in [-0.15, -0.1) is 0 Å². The summed E-state index contributed by atoms with van der Waals surface area (Å²) in [5, 5.41) is 0.687. The van der Waals surface area contributed by atoms with Crippen molar-refractivity contribution in [3.63, 3.8) is 0 Å². The maximum atomic E-state index is 12.3. The summed E-state index contributed by atoms with van der Waals surface area (Å²) in [6.07, 6.45) is 1.52. The lowest BCUT2D eigenvalue weighted by molar-refractivity contribution is 0.0991. The average Bonchev–Trinajstić information content (AvgIpc) is 3.02. The maximum absolute atomic E-state index is 12.3. The number of benzene rings is 1. The number of hydrogen-bond donors (Lipinski definition) is 0. The van der Waals surface area contributed by atoms with Crippen LogP contribution in [-0.2, 0) is 0 Å². The number of rotatable bonds is 2. The van der Waals surface area contributed by atoms with Crippen molar-refractivity contribution in [1.29, 1.82) is 0 Å². The summed E-state index contributed by atoms with van der Waals surface area (Å²) in [4.78, 5) is 18.4. The lowest BCUT2D eigenvalue weighted by Crippen LogP contribution is -2.26. The molecule has 3 rings (SSSR count). The second-order valence-corrected chi connectivity index (χ2v) is 5.23. The van der Waals surface area contributed by atoms with Crippen LogP contribution in [-0.4, -0.2) is 17.9 Å². The molecule has 0 atom stereocenters. The van der Waals surface area contributed by atoms with Crippen molar-refractivity contribution < 1.29 is 9.21 Å². The lowest BCUT2D eigenvalue weighted by atomic mass is 10.2. The highest BCUT2D eigenvalue weighted by Crippen LogP contribution is 2.28. The number of furan rings is 1.